The molecular formula is C30H28N4O5. The molecule has 198 valence electrons. The van der Waals surface area contributed by atoms with Gasteiger partial charge in [0.1, 0.15) is 11.3 Å². The monoisotopic (exact) mass is 524 g/mol. The number of nitrogens with zero attached hydrogens (tertiary/aromatic N) is 4. The highest BCUT2D eigenvalue weighted by molar-refractivity contribution is 5.87. The number of aromatic nitrogens is 2. The van der Waals surface area contributed by atoms with E-state index in [0.29, 0.717) is 33.6 Å². The molecule has 0 saturated carbocycles. The van der Waals surface area contributed by atoms with Gasteiger partial charge < -0.3 is 18.8 Å². The van der Waals surface area contributed by atoms with Crippen molar-refractivity contribution in [2.75, 3.05) is 25.6 Å². The second kappa shape index (κ2) is 10.8. The summed E-state index contributed by atoms with van der Waals surface area (Å²) in [6.45, 7) is 3.28. The standard InChI is InChI=1S/C30H28N4O5/c1-19(2)38-28(35)18-37-26-16-22(33(3)4)14-13-21(26)17-31-34-29(27-15-20-9-5-8-12-25(20)39-27)32-24-11-7-6-10-23(24)30(34)36/h5-17,19H,18H2,1-4H3. The minimum absolute atomic E-state index is 0.251. The van der Waals surface area contributed by atoms with Gasteiger partial charge in [0.05, 0.1) is 23.2 Å². The van der Waals surface area contributed by atoms with Gasteiger partial charge in [-0.1, -0.05) is 30.3 Å². The molecule has 0 aliphatic heterocycles. The van der Waals surface area contributed by atoms with Crippen LogP contribution in [0, 0.1) is 0 Å². The Labute approximate surface area is 224 Å². The van der Waals surface area contributed by atoms with Gasteiger partial charge in [0.2, 0.25) is 5.82 Å². The largest absolute Gasteiger partial charge is 0.481 e. The molecule has 0 N–H and O–H groups in total. The van der Waals surface area contributed by atoms with E-state index in [9.17, 15) is 9.59 Å². The molecule has 2 aromatic heterocycles. The van der Waals surface area contributed by atoms with Gasteiger partial charge >= 0.3 is 5.97 Å². The van der Waals surface area contributed by atoms with Gasteiger partial charge in [-0.25, -0.2) is 9.78 Å². The summed E-state index contributed by atoms with van der Waals surface area (Å²) in [6, 6.07) is 22.0. The van der Waals surface area contributed by atoms with Crippen molar-refractivity contribution in [3.63, 3.8) is 0 Å². The van der Waals surface area contributed by atoms with Crippen LogP contribution in [0.15, 0.2) is 87.1 Å². The number of anilines is 1. The van der Waals surface area contributed by atoms with Crippen LogP contribution in [0.25, 0.3) is 33.5 Å². The predicted octanol–water partition coefficient (Wildman–Crippen LogP) is 5.09. The molecule has 0 aliphatic carbocycles. The van der Waals surface area contributed by atoms with Crippen LogP contribution in [-0.4, -0.2) is 48.7 Å². The number of carbonyl (C=O) groups excluding carboxylic acids is 1. The Hall–Kier alpha value is -4.92. The minimum Gasteiger partial charge on any atom is -0.481 e. The third kappa shape index (κ3) is 5.52. The summed E-state index contributed by atoms with van der Waals surface area (Å²) in [5, 5.41) is 5.83. The molecule has 0 radical (unpaired) electrons. The highest BCUT2D eigenvalue weighted by Gasteiger charge is 2.17. The van der Waals surface area contributed by atoms with Crippen molar-refractivity contribution in [3.8, 4) is 17.3 Å². The lowest BCUT2D eigenvalue weighted by Crippen LogP contribution is -2.20. The number of para-hydroxylation sites is 2. The number of rotatable bonds is 8. The Morgan fingerprint density at radius 1 is 1.08 bits per heavy atom. The Bertz CT molecular complexity index is 1720. The lowest BCUT2D eigenvalue weighted by Gasteiger charge is -2.16. The van der Waals surface area contributed by atoms with Gasteiger partial charge in [-0.05, 0) is 50.2 Å². The van der Waals surface area contributed by atoms with Gasteiger partial charge in [0, 0.05) is 36.8 Å². The van der Waals surface area contributed by atoms with Crippen molar-refractivity contribution < 1.29 is 18.7 Å². The summed E-state index contributed by atoms with van der Waals surface area (Å²) < 4.78 is 18.3. The van der Waals surface area contributed by atoms with Gasteiger partial charge in [-0.2, -0.15) is 9.78 Å². The summed E-state index contributed by atoms with van der Waals surface area (Å²) in [6.07, 6.45) is 1.26. The van der Waals surface area contributed by atoms with E-state index in [1.807, 2.05) is 67.5 Å². The van der Waals surface area contributed by atoms with Gasteiger partial charge in [0.25, 0.3) is 5.56 Å². The first-order valence-corrected chi connectivity index (χ1v) is 12.5. The number of hydrogen-bond acceptors (Lipinski definition) is 8. The van der Waals surface area contributed by atoms with Crippen LogP contribution in [0.2, 0.25) is 0 Å². The first kappa shape index (κ1) is 25.7. The summed E-state index contributed by atoms with van der Waals surface area (Å²) in [5.41, 5.74) is 2.29. The maximum Gasteiger partial charge on any atom is 0.344 e. The van der Waals surface area contributed by atoms with Crippen LogP contribution in [-0.2, 0) is 9.53 Å². The zero-order valence-corrected chi connectivity index (χ0v) is 22.1. The van der Waals surface area contributed by atoms with Gasteiger partial charge in [-0.15, -0.1) is 0 Å². The summed E-state index contributed by atoms with van der Waals surface area (Å²) >= 11 is 0. The van der Waals surface area contributed by atoms with Crippen LogP contribution in [0.5, 0.6) is 5.75 Å². The smallest absolute Gasteiger partial charge is 0.344 e. The SMILES string of the molecule is CC(C)OC(=O)COc1cc(N(C)C)ccc1C=Nn1c(-c2cc3ccccc3o2)nc2ccccc2c1=O. The van der Waals surface area contributed by atoms with Crippen molar-refractivity contribution in [2.24, 2.45) is 5.10 Å². The number of hydrogen-bond donors (Lipinski definition) is 0. The fraction of sp³-hybridized carbons (Fsp3) is 0.200. The molecular weight excluding hydrogens is 496 g/mol. The van der Waals surface area contributed by atoms with Gasteiger partial charge in [0.15, 0.2) is 12.4 Å². The number of esters is 1. The number of furan rings is 1. The summed E-state index contributed by atoms with van der Waals surface area (Å²) in [4.78, 5) is 32.3. The second-order valence-corrected chi connectivity index (χ2v) is 9.41. The molecule has 0 aliphatic rings. The fourth-order valence-corrected chi connectivity index (χ4v) is 4.07. The summed E-state index contributed by atoms with van der Waals surface area (Å²) in [5.74, 6) is 0.606. The molecule has 9 heteroatoms. The third-order valence-electron chi connectivity index (χ3n) is 5.94. The van der Waals surface area contributed by atoms with Crippen molar-refractivity contribution in [1.82, 2.24) is 9.66 Å². The third-order valence-corrected chi connectivity index (χ3v) is 5.94. The van der Waals surface area contributed by atoms with E-state index in [4.69, 9.17) is 18.9 Å². The van der Waals surface area contributed by atoms with E-state index in [1.165, 1.54) is 10.9 Å². The highest BCUT2D eigenvalue weighted by atomic mass is 16.6. The average molecular weight is 525 g/mol. The molecule has 0 unspecified atom stereocenters. The maximum atomic E-state index is 13.6. The molecule has 9 nitrogen and oxygen atoms in total. The average Bonchev–Trinajstić information content (AvgIpc) is 3.35. The number of benzene rings is 3. The molecule has 0 saturated heterocycles. The molecule has 39 heavy (non-hydrogen) atoms. The molecule has 0 fully saturated rings. The molecule has 5 rings (SSSR count). The lowest BCUT2D eigenvalue weighted by molar-refractivity contribution is -0.149. The Morgan fingerprint density at radius 3 is 2.62 bits per heavy atom. The molecule has 0 bridgehead atoms. The van der Waals surface area contributed by atoms with E-state index in [0.717, 1.165) is 11.1 Å². The van der Waals surface area contributed by atoms with E-state index < -0.39 is 5.97 Å². The molecule has 5 aromatic rings. The van der Waals surface area contributed by atoms with E-state index in [2.05, 4.69) is 5.10 Å². The number of ether oxygens (including phenoxy) is 2. The normalized spacial score (nSPS) is 11.5. The second-order valence-electron chi connectivity index (χ2n) is 9.41. The maximum absolute atomic E-state index is 13.6. The number of fused-ring (bicyclic) bond motifs is 2. The first-order chi connectivity index (χ1) is 18.8. The molecule has 0 amide bonds. The number of carbonyl (C=O) groups is 1. The predicted molar refractivity (Wildman–Crippen MR) is 152 cm³/mol. The Morgan fingerprint density at radius 2 is 1.85 bits per heavy atom. The van der Waals surface area contributed by atoms with E-state index >= 15 is 0 Å². The van der Waals surface area contributed by atoms with E-state index in [-0.39, 0.29) is 24.1 Å². The first-order valence-electron chi connectivity index (χ1n) is 12.5. The van der Waals surface area contributed by atoms with Crippen molar-refractivity contribution in [1.29, 1.82) is 0 Å². The Balaban J connectivity index is 1.59. The topological polar surface area (TPSA) is 99.2 Å². The van der Waals surface area contributed by atoms with Crippen LogP contribution < -0.4 is 15.2 Å². The highest BCUT2D eigenvalue weighted by Crippen LogP contribution is 2.28. The van der Waals surface area contributed by atoms with Crippen LogP contribution in [0.4, 0.5) is 5.69 Å². The zero-order chi connectivity index (χ0) is 27.5. The Kier molecular flexibility index (Phi) is 7.14. The molecule has 0 atom stereocenters. The van der Waals surface area contributed by atoms with Crippen LogP contribution in [0.3, 0.4) is 0 Å². The van der Waals surface area contributed by atoms with Crippen molar-refractivity contribution in [2.45, 2.75) is 20.0 Å². The van der Waals surface area contributed by atoms with Crippen molar-refractivity contribution in [3.05, 3.63) is 88.7 Å². The summed E-state index contributed by atoms with van der Waals surface area (Å²) in [7, 11) is 3.81. The van der Waals surface area contributed by atoms with Gasteiger partial charge in [-0.3, -0.25) is 4.79 Å². The fourth-order valence-electron chi connectivity index (χ4n) is 4.07. The quantitative estimate of drug-likeness (QED) is 0.206. The molecule has 3 aromatic carbocycles. The minimum atomic E-state index is -0.481. The zero-order valence-electron chi connectivity index (χ0n) is 22.1. The van der Waals surface area contributed by atoms with E-state index in [1.54, 1.807) is 38.1 Å². The lowest BCUT2D eigenvalue weighted by atomic mass is 10.2. The van der Waals surface area contributed by atoms with Crippen LogP contribution in [0.1, 0.15) is 19.4 Å². The van der Waals surface area contributed by atoms with Crippen molar-refractivity contribution >= 4 is 39.7 Å². The van der Waals surface area contributed by atoms with Crippen LogP contribution >= 0.6 is 0 Å². The molecule has 0 spiro atoms. The molecule has 2 heterocycles.